The van der Waals surface area contributed by atoms with E-state index in [2.05, 4.69) is 9.97 Å². The molecule has 0 saturated heterocycles. The first kappa shape index (κ1) is 10.0. The molecule has 0 saturated carbocycles. The smallest absolute Gasteiger partial charge is 0.151 e. The summed E-state index contributed by atoms with van der Waals surface area (Å²) in [5, 5.41) is 0. The summed E-state index contributed by atoms with van der Waals surface area (Å²) < 4.78 is 13.6. The van der Waals surface area contributed by atoms with Crippen molar-refractivity contribution in [3.8, 4) is 0 Å². The van der Waals surface area contributed by atoms with Crippen LogP contribution >= 0.6 is 0 Å². The minimum Gasteiger partial charge on any atom is -0.253 e. The minimum absolute atomic E-state index is 0.271. The summed E-state index contributed by atoms with van der Waals surface area (Å²) in [5.74, 6) is -0.271. The predicted octanol–water partition coefficient (Wildman–Crippen LogP) is 2.89. The lowest BCUT2D eigenvalue weighted by molar-refractivity contribution is 0.633. The number of aryl methyl sites for hydroxylation is 2. The number of hydrogen-bond acceptors (Lipinski definition) is 2. The van der Waals surface area contributed by atoms with Crippen molar-refractivity contribution in [2.24, 2.45) is 0 Å². The van der Waals surface area contributed by atoms with Gasteiger partial charge < -0.3 is 0 Å². The van der Waals surface area contributed by atoms with Crippen LogP contribution in [0.1, 0.15) is 25.1 Å². The topological polar surface area (TPSA) is 25.8 Å². The number of halogens is 1. The molecule has 0 bridgehead atoms. The first-order valence-electron chi connectivity index (χ1n) is 5.18. The standard InChI is InChI=1S/C12H13FN2/c1-3-8-5-10(13)12-11(6-8)14-7-9(4-2)15-12/h5-7H,3-4H2,1-2H3. The first-order chi connectivity index (χ1) is 7.24. The highest BCUT2D eigenvalue weighted by molar-refractivity contribution is 5.75. The number of hydrogen-bond donors (Lipinski definition) is 0. The van der Waals surface area contributed by atoms with Gasteiger partial charge in [0.2, 0.25) is 0 Å². The van der Waals surface area contributed by atoms with Crippen molar-refractivity contribution < 1.29 is 4.39 Å². The molecule has 0 atom stereocenters. The molecule has 1 heterocycles. The Kier molecular flexibility index (Phi) is 2.62. The van der Waals surface area contributed by atoms with Crippen LogP contribution in [0.3, 0.4) is 0 Å². The molecule has 0 radical (unpaired) electrons. The number of rotatable bonds is 2. The Morgan fingerprint density at radius 1 is 1.20 bits per heavy atom. The van der Waals surface area contributed by atoms with Gasteiger partial charge in [-0.15, -0.1) is 0 Å². The van der Waals surface area contributed by atoms with Gasteiger partial charge in [0.25, 0.3) is 0 Å². The highest BCUT2D eigenvalue weighted by Crippen LogP contribution is 2.17. The predicted molar refractivity (Wildman–Crippen MR) is 58.3 cm³/mol. The molecule has 1 aromatic heterocycles. The second-order valence-corrected chi connectivity index (χ2v) is 3.51. The molecular weight excluding hydrogens is 191 g/mol. The lowest BCUT2D eigenvalue weighted by Crippen LogP contribution is -1.95. The van der Waals surface area contributed by atoms with E-state index in [1.165, 1.54) is 6.07 Å². The van der Waals surface area contributed by atoms with E-state index in [1.54, 1.807) is 6.20 Å². The fourth-order valence-electron chi connectivity index (χ4n) is 1.54. The lowest BCUT2D eigenvalue weighted by atomic mass is 10.1. The van der Waals surface area contributed by atoms with E-state index < -0.39 is 0 Å². The summed E-state index contributed by atoms with van der Waals surface area (Å²) in [6.07, 6.45) is 3.29. The third kappa shape index (κ3) is 1.82. The molecule has 0 aliphatic heterocycles. The van der Waals surface area contributed by atoms with Gasteiger partial charge in [0.05, 0.1) is 11.2 Å². The summed E-state index contributed by atoms with van der Waals surface area (Å²) in [5.41, 5.74) is 2.81. The molecule has 2 aromatic rings. The first-order valence-corrected chi connectivity index (χ1v) is 5.18. The van der Waals surface area contributed by atoms with E-state index in [4.69, 9.17) is 0 Å². The van der Waals surface area contributed by atoms with Gasteiger partial charge in [0.15, 0.2) is 5.82 Å². The average molecular weight is 204 g/mol. The van der Waals surface area contributed by atoms with Crippen LogP contribution in [-0.4, -0.2) is 9.97 Å². The van der Waals surface area contributed by atoms with Gasteiger partial charge >= 0.3 is 0 Å². The van der Waals surface area contributed by atoms with Crippen molar-refractivity contribution in [1.82, 2.24) is 9.97 Å². The van der Waals surface area contributed by atoms with Crippen LogP contribution in [0.25, 0.3) is 11.0 Å². The van der Waals surface area contributed by atoms with Crippen LogP contribution < -0.4 is 0 Å². The van der Waals surface area contributed by atoms with Crippen LogP contribution in [0.2, 0.25) is 0 Å². The molecule has 0 aliphatic carbocycles. The molecule has 0 N–H and O–H groups in total. The number of benzene rings is 1. The molecule has 0 amide bonds. The van der Waals surface area contributed by atoms with Crippen molar-refractivity contribution in [2.75, 3.05) is 0 Å². The Balaban J connectivity index is 2.68. The Morgan fingerprint density at radius 3 is 2.67 bits per heavy atom. The lowest BCUT2D eigenvalue weighted by Gasteiger charge is -2.03. The van der Waals surface area contributed by atoms with E-state index in [1.807, 2.05) is 19.9 Å². The molecule has 3 heteroatoms. The van der Waals surface area contributed by atoms with Crippen molar-refractivity contribution in [1.29, 1.82) is 0 Å². The Morgan fingerprint density at radius 2 is 2.00 bits per heavy atom. The van der Waals surface area contributed by atoms with Gasteiger partial charge in [-0.05, 0) is 30.5 Å². The Hall–Kier alpha value is -1.51. The monoisotopic (exact) mass is 204 g/mol. The zero-order chi connectivity index (χ0) is 10.8. The highest BCUT2D eigenvalue weighted by Gasteiger charge is 2.06. The quantitative estimate of drug-likeness (QED) is 0.751. The van der Waals surface area contributed by atoms with Gasteiger partial charge in [-0.25, -0.2) is 9.37 Å². The van der Waals surface area contributed by atoms with Gasteiger partial charge in [0, 0.05) is 6.20 Å². The van der Waals surface area contributed by atoms with Crippen LogP contribution in [0, 0.1) is 5.82 Å². The third-order valence-electron chi connectivity index (χ3n) is 2.48. The number of fused-ring (bicyclic) bond motifs is 1. The molecule has 1 aromatic carbocycles. The molecule has 0 aliphatic rings. The van der Waals surface area contributed by atoms with Gasteiger partial charge in [0.1, 0.15) is 5.52 Å². The molecule has 0 unspecified atom stereocenters. The summed E-state index contributed by atoms with van der Waals surface area (Å²) >= 11 is 0. The average Bonchev–Trinajstić information content (AvgIpc) is 2.28. The van der Waals surface area contributed by atoms with Crippen LogP contribution in [-0.2, 0) is 12.8 Å². The van der Waals surface area contributed by atoms with E-state index in [0.29, 0.717) is 11.0 Å². The molecule has 15 heavy (non-hydrogen) atoms. The second kappa shape index (κ2) is 3.93. The van der Waals surface area contributed by atoms with E-state index in [-0.39, 0.29) is 5.82 Å². The van der Waals surface area contributed by atoms with E-state index in [9.17, 15) is 4.39 Å². The van der Waals surface area contributed by atoms with Crippen molar-refractivity contribution in [3.05, 3.63) is 35.4 Å². The fraction of sp³-hybridized carbons (Fsp3) is 0.333. The Labute approximate surface area is 88.2 Å². The van der Waals surface area contributed by atoms with Gasteiger partial charge in [-0.3, -0.25) is 4.98 Å². The van der Waals surface area contributed by atoms with Crippen molar-refractivity contribution >= 4 is 11.0 Å². The van der Waals surface area contributed by atoms with Crippen LogP contribution in [0.5, 0.6) is 0 Å². The molecule has 0 fully saturated rings. The van der Waals surface area contributed by atoms with Gasteiger partial charge in [-0.2, -0.15) is 0 Å². The van der Waals surface area contributed by atoms with E-state index in [0.717, 1.165) is 24.1 Å². The van der Waals surface area contributed by atoms with Crippen molar-refractivity contribution in [3.63, 3.8) is 0 Å². The fourth-order valence-corrected chi connectivity index (χ4v) is 1.54. The largest absolute Gasteiger partial charge is 0.253 e. The van der Waals surface area contributed by atoms with E-state index >= 15 is 0 Å². The zero-order valence-corrected chi connectivity index (χ0v) is 8.92. The number of aromatic nitrogens is 2. The minimum atomic E-state index is -0.271. The maximum absolute atomic E-state index is 13.6. The van der Waals surface area contributed by atoms with Crippen LogP contribution in [0.15, 0.2) is 18.3 Å². The summed E-state index contributed by atoms with van der Waals surface area (Å²) in [4.78, 5) is 8.45. The molecule has 2 nitrogen and oxygen atoms in total. The SMILES string of the molecule is CCc1cc(F)c2nc(CC)cnc2c1. The molecule has 0 spiro atoms. The summed E-state index contributed by atoms with van der Waals surface area (Å²) in [6, 6.07) is 3.43. The normalized spacial score (nSPS) is 10.9. The molecule has 78 valence electrons. The maximum atomic E-state index is 13.6. The molecular formula is C12H13FN2. The second-order valence-electron chi connectivity index (χ2n) is 3.51. The maximum Gasteiger partial charge on any atom is 0.151 e. The zero-order valence-electron chi connectivity index (χ0n) is 8.92. The third-order valence-corrected chi connectivity index (χ3v) is 2.48. The van der Waals surface area contributed by atoms with Crippen LogP contribution in [0.4, 0.5) is 4.39 Å². The summed E-state index contributed by atoms with van der Waals surface area (Å²) in [7, 11) is 0. The Bertz CT molecular complexity index is 494. The number of nitrogens with zero attached hydrogens (tertiary/aromatic N) is 2. The van der Waals surface area contributed by atoms with Gasteiger partial charge in [-0.1, -0.05) is 13.8 Å². The van der Waals surface area contributed by atoms with Crippen molar-refractivity contribution in [2.45, 2.75) is 26.7 Å². The molecule has 2 rings (SSSR count). The summed E-state index contributed by atoms with van der Waals surface area (Å²) in [6.45, 7) is 3.97. The highest BCUT2D eigenvalue weighted by atomic mass is 19.1.